The summed E-state index contributed by atoms with van der Waals surface area (Å²) >= 11 is 0. The Balaban J connectivity index is 1.54. The Morgan fingerprint density at radius 2 is 1.49 bits per heavy atom. The van der Waals surface area contributed by atoms with E-state index in [-0.39, 0.29) is 29.9 Å². The molecule has 35 heavy (non-hydrogen) atoms. The Morgan fingerprint density at radius 3 is 2.09 bits per heavy atom. The monoisotopic (exact) mass is 475 g/mol. The third-order valence-electron chi connectivity index (χ3n) is 7.15. The maximum absolute atomic E-state index is 13.2. The molecule has 182 valence electrons. The molecule has 2 aliphatic carbocycles. The van der Waals surface area contributed by atoms with Crippen molar-refractivity contribution in [2.24, 2.45) is 0 Å². The van der Waals surface area contributed by atoms with Crippen molar-refractivity contribution < 1.29 is 23.5 Å². The van der Waals surface area contributed by atoms with Crippen LogP contribution in [0.25, 0.3) is 0 Å². The highest BCUT2D eigenvalue weighted by molar-refractivity contribution is 6.06. The van der Waals surface area contributed by atoms with Crippen LogP contribution < -0.4 is 9.47 Å². The second-order valence-electron chi connectivity index (χ2n) is 9.32. The number of benzene rings is 2. The average Bonchev–Trinajstić information content (AvgIpc) is 2.86. The van der Waals surface area contributed by atoms with Crippen LogP contribution in [0.4, 0.5) is 4.39 Å². The minimum atomic E-state index is -0.373. The van der Waals surface area contributed by atoms with E-state index >= 15 is 0 Å². The molecule has 0 radical (unpaired) electrons. The van der Waals surface area contributed by atoms with Gasteiger partial charge in [-0.05, 0) is 68.0 Å². The van der Waals surface area contributed by atoms with E-state index in [1.807, 2.05) is 32.2 Å². The first-order chi connectivity index (χ1) is 17.0. The van der Waals surface area contributed by atoms with E-state index in [4.69, 9.17) is 9.47 Å². The van der Waals surface area contributed by atoms with Crippen LogP contribution in [-0.4, -0.2) is 30.1 Å². The summed E-state index contributed by atoms with van der Waals surface area (Å²) in [5.41, 5.74) is 5.34. The fourth-order valence-corrected chi connectivity index (χ4v) is 5.52. The summed E-state index contributed by atoms with van der Waals surface area (Å²) < 4.78 is 25.2. The smallest absolute Gasteiger partial charge is 0.161 e. The first-order valence-corrected chi connectivity index (χ1v) is 12.4. The van der Waals surface area contributed by atoms with E-state index in [2.05, 4.69) is 4.90 Å². The summed E-state index contributed by atoms with van der Waals surface area (Å²) in [5.74, 6) is 0.735. The molecule has 0 amide bonds. The van der Waals surface area contributed by atoms with Crippen LogP contribution in [0.5, 0.6) is 11.5 Å². The van der Waals surface area contributed by atoms with Gasteiger partial charge in [0.2, 0.25) is 0 Å². The lowest BCUT2D eigenvalue weighted by atomic mass is 9.71. The molecule has 0 unspecified atom stereocenters. The van der Waals surface area contributed by atoms with Gasteiger partial charge in [-0.2, -0.15) is 0 Å². The van der Waals surface area contributed by atoms with Crippen molar-refractivity contribution in [3.8, 4) is 11.5 Å². The molecule has 0 aromatic heterocycles. The predicted molar refractivity (Wildman–Crippen MR) is 131 cm³/mol. The normalized spacial score (nSPS) is 18.5. The molecule has 5 nitrogen and oxygen atoms in total. The van der Waals surface area contributed by atoms with Crippen LogP contribution in [0.2, 0.25) is 0 Å². The van der Waals surface area contributed by atoms with Gasteiger partial charge in [0.25, 0.3) is 0 Å². The van der Waals surface area contributed by atoms with Crippen molar-refractivity contribution in [1.29, 1.82) is 0 Å². The molecule has 0 saturated carbocycles. The Bertz CT molecular complexity index is 1180. The molecule has 0 N–H and O–H groups in total. The van der Waals surface area contributed by atoms with Gasteiger partial charge < -0.3 is 14.4 Å². The molecule has 6 heteroatoms. The van der Waals surface area contributed by atoms with E-state index in [1.54, 1.807) is 12.1 Å². The number of nitrogens with zero attached hydrogens (tertiary/aromatic N) is 1. The molecule has 3 aliphatic rings. The standard InChI is InChI=1S/C29H30FNO4/c1-3-34-26-16-19(12-15-25(26)35-17-18-10-13-20(30)14-11-18)27-28-21(6-4-8-23(28)32)31(2)22-7-5-9-24(33)29(22)27/h10-16,27H,3-9,17H2,1-2H3. The van der Waals surface area contributed by atoms with Gasteiger partial charge in [0, 0.05) is 48.3 Å². The number of hydrogen-bond acceptors (Lipinski definition) is 5. The summed E-state index contributed by atoms with van der Waals surface area (Å²) in [4.78, 5) is 28.5. The lowest BCUT2D eigenvalue weighted by molar-refractivity contribution is -0.117. The Kier molecular flexibility index (Phi) is 6.46. The van der Waals surface area contributed by atoms with Gasteiger partial charge in [-0.3, -0.25) is 9.59 Å². The highest BCUT2D eigenvalue weighted by atomic mass is 19.1. The molecule has 0 saturated heterocycles. The van der Waals surface area contributed by atoms with Crippen LogP contribution in [0, 0.1) is 5.82 Å². The number of allylic oxidation sites excluding steroid dienone is 4. The largest absolute Gasteiger partial charge is 0.490 e. The highest BCUT2D eigenvalue weighted by Crippen LogP contribution is 2.49. The topological polar surface area (TPSA) is 55.8 Å². The maximum Gasteiger partial charge on any atom is 0.161 e. The minimum absolute atomic E-state index is 0.127. The average molecular weight is 476 g/mol. The number of Topliss-reactive ketones (excluding diaryl/α,β-unsaturated/α-hetero) is 2. The number of carbonyl (C=O) groups excluding carboxylic acids is 2. The fourth-order valence-electron chi connectivity index (χ4n) is 5.52. The molecule has 0 spiro atoms. The maximum atomic E-state index is 13.2. The van der Waals surface area contributed by atoms with Crippen LogP contribution in [0.3, 0.4) is 0 Å². The Morgan fingerprint density at radius 1 is 0.857 bits per heavy atom. The zero-order valence-corrected chi connectivity index (χ0v) is 20.2. The molecule has 0 fully saturated rings. The van der Waals surface area contributed by atoms with Crippen LogP contribution in [-0.2, 0) is 16.2 Å². The molecule has 1 heterocycles. The number of ketones is 2. The fraction of sp³-hybridized carbons (Fsp3) is 0.379. The van der Waals surface area contributed by atoms with Gasteiger partial charge in [-0.15, -0.1) is 0 Å². The van der Waals surface area contributed by atoms with Crippen molar-refractivity contribution in [3.05, 3.63) is 81.9 Å². The second kappa shape index (κ2) is 9.68. The van der Waals surface area contributed by atoms with Gasteiger partial charge in [0.1, 0.15) is 12.4 Å². The number of ether oxygens (including phenoxy) is 2. The molecular weight excluding hydrogens is 445 g/mol. The second-order valence-corrected chi connectivity index (χ2v) is 9.32. The van der Waals surface area contributed by atoms with Gasteiger partial charge in [-0.25, -0.2) is 4.39 Å². The third-order valence-corrected chi connectivity index (χ3v) is 7.15. The molecule has 0 bridgehead atoms. The van der Waals surface area contributed by atoms with Gasteiger partial charge >= 0.3 is 0 Å². The van der Waals surface area contributed by atoms with Crippen molar-refractivity contribution in [3.63, 3.8) is 0 Å². The number of rotatable bonds is 6. The van der Waals surface area contributed by atoms with E-state index < -0.39 is 0 Å². The summed E-state index contributed by atoms with van der Waals surface area (Å²) in [7, 11) is 2.00. The summed E-state index contributed by atoms with van der Waals surface area (Å²) in [6.07, 6.45) is 4.39. The third kappa shape index (κ3) is 4.38. The summed E-state index contributed by atoms with van der Waals surface area (Å²) in [6, 6.07) is 11.9. The highest BCUT2D eigenvalue weighted by Gasteiger charge is 2.42. The van der Waals surface area contributed by atoms with E-state index in [9.17, 15) is 14.0 Å². The van der Waals surface area contributed by atoms with Gasteiger partial charge in [0.15, 0.2) is 23.1 Å². The lowest BCUT2D eigenvalue weighted by Crippen LogP contribution is -2.37. The SMILES string of the molecule is CCOc1cc(C2C3=C(CCCC3=O)N(C)C3=C2C(=O)CCC3)ccc1OCc1ccc(F)cc1. The number of halogens is 1. The quantitative estimate of drug-likeness (QED) is 0.525. The molecular formula is C29H30FNO4. The number of carbonyl (C=O) groups is 2. The zero-order chi connectivity index (χ0) is 24.5. The summed E-state index contributed by atoms with van der Waals surface area (Å²) in [5, 5.41) is 0. The van der Waals surface area contributed by atoms with E-state index in [1.165, 1.54) is 12.1 Å². The molecule has 0 atom stereocenters. The van der Waals surface area contributed by atoms with Crippen LogP contribution in [0.1, 0.15) is 62.5 Å². The molecule has 5 rings (SSSR count). The van der Waals surface area contributed by atoms with Crippen LogP contribution in [0.15, 0.2) is 65.0 Å². The molecule has 2 aromatic carbocycles. The van der Waals surface area contributed by atoms with E-state index in [0.717, 1.165) is 59.4 Å². The van der Waals surface area contributed by atoms with Crippen molar-refractivity contribution in [2.45, 2.75) is 58.0 Å². The molecule has 1 aliphatic heterocycles. The first kappa shape index (κ1) is 23.3. The van der Waals surface area contributed by atoms with Crippen molar-refractivity contribution >= 4 is 11.6 Å². The minimum Gasteiger partial charge on any atom is -0.490 e. The summed E-state index contributed by atoms with van der Waals surface area (Å²) in [6.45, 7) is 2.63. The Hall–Kier alpha value is -3.41. The number of hydrogen-bond donors (Lipinski definition) is 0. The zero-order valence-electron chi connectivity index (χ0n) is 20.2. The van der Waals surface area contributed by atoms with Gasteiger partial charge in [0.05, 0.1) is 6.61 Å². The first-order valence-electron chi connectivity index (χ1n) is 12.4. The predicted octanol–water partition coefficient (Wildman–Crippen LogP) is 5.85. The Labute approximate surface area is 205 Å². The molecule has 2 aromatic rings. The van der Waals surface area contributed by atoms with Gasteiger partial charge in [-0.1, -0.05) is 18.2 Å². The van der Waals surface area contributed by atoms with E-state index in [0.29, 0.717) is 30.9 Å². The lowest BCUT2D eigenvalue weighted by Gasteiger charge is -2.42. The van der Waals surface area contributed by atoms with Crippen molar-refractivity contribution in [2.75, 3.05) is 13.7 Å². The van der Waals surface area contributed by atoms with Crippen LogP contribution >= 0.6 is 0 Å². The van der Waals surface area contributed by atoms with Crippen molar-refractivity contribution in [1.82, 2.24) is 4.90 Å².